The number of imide groups is 1. The highest BCUT2D eigenvalue weighted by Crippen LogP contribution is 2.40. The number of likely N-dealkylation sites (tertiary alicyclic amines) is 1. The predicted octanol–water partition coefficient (Wildman–Crippen LogP) is 4.31. The molecule has 1 saturated carbocycles. The maximum Gasteiger partial charge on any atom is 0.234 e. The van der Waals surface area contributed by atoms with E-state index in [1.807, 2.05) is 11.0 Å². The molecule has 0 bridgehead atoms. The monoisotopic (exact) mass is 587 g/mol. The Hall–Kier alpha value is -4.02. The lowest BCUT2D eigenvalue weighted by Gasteiger charge is -2.43. The molecule has 2 aliphatic heterocycles. The van der Waals surface area contributed by atoms with E-state index in [2.05, 4.69) is 15.3 Å². The Morgan fingerprint density at radius 1 is 1.19 bits per heavy atom. The van der Waals surface area contributed by atoms with Gasteiger partial charge in [0.15, 0.2) is 0 Å². The molecule has 3 aromatic rings. The number of carbonyl (C=O) groups is 2. The van der Waals surface area contributed by atoms with Crippen molar-refractivity contribution in [2.75, 3.05) is 13.1 Å². The van der Waals surface area contributed by atoms with E-state index in [0.29, 0.717) is 59.9 Å². The smallest absolute Gasteiger partial charge is 0.234 e. The summed E-state index contributed by atoms with van der Waals surface area (Å²) in [6.07, 6.45) is 8.04. The van der Waals surface area contributed by atoms with Crippen molar-refractivity contribution >= 4 is 34.6 Å². The molecule has 8 nitrogen and oxygen atoms in total. The molecule has 3 aliphatic rings. The summed E-state index contributed by atoms with van der Waals surface area (Å²) in [5, 5.41) is 14.1. The Bertz CT molecular complexity index is 1650. The number of allylic oxidation sites excluding steroid dienone is 1. The van der Waals surface area contributed by atoms with Crippen molar-refractivity contribution < 1.29 is 23.5 Å². The molecule has 1 aromatic heterocycles. The van der Waals surface area contributed by atoms with Crippen LogP contribution in [-0.4, -0.2) is 57.8 Å². The Morgan fingerprint density at radius 3 is 2.72 bits per heavy atom. The van der Waals surface area contributed by atoms with Gasteiger partial charge in [-0.25, -0.2) is 8.78 Å². The van der Waals surface area contributed by atoms with E-state index in [9.17, 15) is 19.1 Å². The molecular weight excluding hydrogens is 552 g/mol. The summed E-state index contributed by atoms with van der Waals surface area (Å²) in [7, 11) is 0. The molecule has 0 radical (unpaired) electrons. The first kappa shape index (κ1) is 29.1. The van der Waals surface area contributed by atoms with Crippen LogP contribution in [-0.2, 0) is 16.1 Å². The van der Waals surface area contributed by atoms with Crippen LogP contribution in [0.5, 0.6) is 0 Å². The van der Waals surface area contributed by atoms with Gasteiger partial charge >= 0.3 is 0 Å². The van der Waals surface area contributed by atoms with Crippen LogP contribution < -0.4 is 11.1 Å². The zero-order valence-electron chi connectivity index (χ0n) is 24.0. The number of benzene rings is 2. The minimum atomic E-state index is -1.26. The number of nitrogens with one attached hydrogen (secondary N) is 1. The Balaban J connectivity index is 1.16. The Morgan fingerprint density at radius 2 is 2.00 bits per heavy atom. The average molecular weight is 588 g/mol. The van der Waals surface area contributed by atoms with Crippen LogP contribution in [0.4, 0.5) is 8.78 Å². The summed E-state index contributed by atoms with van der Waals surface area (Å²) in [4.78, 5) is 34.7. The van der Waals surface area contributed by atoms with Crippen LogP contribution in [0.25, 0.3) is 16.6 Å². The maximum atomic E-state index is 16.0. The fourth-order valence-corrected chi connectivity index (χ4v) is 6.27. The van der Waals surface area contributed by atoms with Crippen molar-refractivity contribution in [2.24, 2.45) is 10.7 Å². The molecule has 2 amide bonds. The van der Waals surface area contributed by atoms with Crippen molar-refractivity contribution in [3.8, 4) is 0 Å². The molecule has 1 aliphatic carbocycles. The normalized spacial score (nSPS) is 25.4. The van der Waals surface area contributed by atoms with Gasteiger partial charge in [-0.15, -0.1) is 0 Å². The third-order valence-electron chi connectivity index (χ3n) is 8.74. The molecule has 3 atom stereocenters. The van der Waals surface area contributed by atoms with E-state index in [1.165, 1.54) is 6.07 Å². The third-order valence-corrected chi connectivity index (χ3v) is 8.74. The van der Waals surface area contributed by atoms with Crippen LogP contribution in [0, 0.1) is 11.6 Å². The maximum absolute atomic E-state index is 16.0. The predicted molar refractivity (Wildman–Crippen MR) is 160 cm³/mol. The number of aliphatic imine (C=N–C) groups is 1. The molecule has 3 unspecified atom stereocenters. The number of aromatic nitrogens is 1. The number of halogens is 2. The molecule has 6 rings (SSSR count). The number of carbonyl (C=O) groups excluding carboxylic acids is 2. The minimum absolute atomic E-state index is 0.218. The molecule has 4 N–H and O–H groups in total. The highest BCUT2D eigenvalue weighted by molar-refractivity contribution is 6.01. The molecule has 43 heavy (non-hydrogen) atoms. The fourth-order valence-electron chi connectivity index (χ4n) is 6.27. The summed E-state index contributed by atoms with van der Waals surface area (Å²) in [5.41, 5.74) is 7.59. The van der Waals surface area contributed by atoms with Gasteiger partial charge in [0.2, 0.25) is 11.8 Å². The number of nitrogens with two attached hydrogens (primary N) is 1. The van der Waals surface area contributed by atoms with Crippen LogP contribution in [0.3, 0.4) is 0 Å². The molecule has 2 saturated heterocycles. The van der Waals surface area contributed by atoms with Gasteiger partial charge in [-0.2, -0.15) is 0 Å². The van der Waals surface area contributed by atoms with Gasteiger partial charge in [-0.3, -0.25) is 29.8 Å². The van der Waals surface area contributed by atoms with Crippen molar-refractivity contribution in [1.82, 2.24) is 15.2 Å². The lowest BCUT2D eigenvalue weighted by Crippen LogP contribution is -2.50. The highest BCUT2D eigenvalue weighted by Gasteiger charge is 2.40. The third kappa shape index (κ3) is 6.21. The fraction of sp³-hybridized carbons (Fsp3) is 0.394. The van der Waals surface area contributed by atoms with Crippen LogP contribution >= 0.6 is 0 Å². The summed E-state index contributed by atoms with van der Waals surface area (Å²) in [6.45, 7) is 2.97. The number of hydrogen-bond acceptors (Lipinski definition) is 7. The SMILES string of the molecule is CC1(O)CN(Cc2ccc(/C(N)=C/C=NC3CC3)c(F)c2)CCC1c1ccc2ncc(C3CCC(=O)NC3=O)cc2c1F. The molecule has 224 valence electrons. The first-order valence-electron chi connectivity index (χ1n) is 14.7. The number of rotatable bonds is 7. The molecule has 0 spiro atoms. The summed E-state index contributed by atoms with van der Waals surface area (Å²) < 4.78 is 31.0. The van der Waals surface area contributed by atoms with E-state index < -0.39 is 35.0 Å². The standard InChI is InChI=1S/C33H35F2N5O3/c1-33(43)18-40(17-19-2-5-24(27(34)14-19)28(36)10-12-37-21-3-4-21)13-11-26(33)23-6-8-29-25(31(23)35)15-20(16-38-29)22-7-9-30(41)39-32(22)42/h2,5-6,8,10,12,14-16,21-22,26,43H,3-4,7,9,11,13,17-18,36H2,1H3,(H,39,41,42)/b28-10-,37-12?. The largest absolute Gasteiger partial charge is 0.398 e. The number of aliphatic hydroxyl groups is 1. The quantitative estimate of drug-likeness (QED) is 0.280. The minimum Gasteiger partial charge on any atom is -0.398 e. The molecule has 2 aromatic carbocycles. The zero-order chi connectivity index (χ0) is 30.3. The van der Waals surface area contributed by atoms with Gasteiger partial charge in [-0.05, 0) is 86.2 Å². The van der Waals surface area contributed by atoms with Crippen LogP contribution in [0.2, 0.25) is 0 Å². The summed E-state index contributed by atoms with van der Waals surface area (Å²) >= 11 is 0. The van der Waals surface area contributed by atoms with Gasteiger partial charge in [-0.1, -0.05) is 12.1 Å². The second kappa shape index (κ2) is 11.6. The van der Waals surface area contributed by atoms with Crippen LogP contribution in [0.1, 0.15) is 73.1 Å². The summed E-state index contributed by atoms with van der Waals surface area (Å²) in [6, 6.07) is 10.3. The molecule has 3 heterocycles. The van der Waals surface area contributed by atoms with Gasteiger partial charge in [0.1, 0.15) is 11.6 Å². The number of piperidine rings is 2. The number of fused-ring (bicyclic) bond motifs is 1. The first-order chi connectivity index (χ1) is 20.6. The molecule has 3 fully saturated rings. The van der Waals surface area contributed by atoms with Gasteiger partial charge in [0.05, 0.1) is 23.1 Å². The number of nitrogens with zero attached hydrogens (tertiary/aromatic N) is 3. The second-order valence-electron chi connectivity index (χ2n) is 12.2. The van der Waals surface area contributed by atoms with Crippen molar-refractivity contribution in [2.45, 2.75) is 69.1 Å². The number of β-amino-alcohol motifs (C(OH)–C–C–N with tert-alkyl or cyclic N) is 1. The zero-order valence-corrected chi connectivity index (χ0v) is 24.0. The van der Waals surface area contributed by atoms with Gasteiger partial charge in [0.25, 0.3) is 0 Å². The van der Waals surface area contributed by atoms with E-state index in [1.54, 1.807) is 49.7 Å². The average Bonchev–Trinajstić information content (AvgIpc) is 3.78. The Labute approximate surface area is 248 Å². The van der Waals surface area contributed by atoms with Gasteiger partial charge in [0, 0.05) is 54.5 Å². The molecular formula is C33H35F2N5O3. The van der Waals surface area contributed by atoms with E-state index >= 15 is 4.39 Å². The van der Waals surface area contributed by atoms with Crippen molar-refractivity contribution in [1.29, 1.82) is 0 Å². The van der Waals surface area contributed by atoms with E-state index in [4.69, 9.17) is 5.73 Å². The van der Waals surface area contributed by atoms with Gasteiger partial charge < -0.3 is 10.8 Å². The second-order valence-corrected chi connectivity index (χ2v) is 12.2. The van der Waals surface area contributed by atoms with E-state index in [0.717, 1.165) is 18.4 Å². The van der Waals surface area contributed by atoms with Crippen LogP contribution in [0.15, 0.2) is 53.7 Å². The van der Waals surface area contributed by atoms with E-state index in [-0.39, 0.29) is 24.3 Å². The van der Waals surface area contributed by atoms with Crippen molar-refractivity contribution in [3.63, 3.8) is 0 Å². The number of amides is 2. The lowest BCUT2D eigenvalue weighted by molar-refractivity contribution is -0.134. The first-order valence-corrected chi connectivity index (χ1v) is 14.7. The highest BCUT2D eigenvalue weighted by atomic mass is 19.1. The van der Waals surface area contributed by atoms with Crippen molar-refractivity contribution in [3.05, 3.63) is 82.6 Å². The lowest BCUT2D eigenvalue weighted by atomic mass is 9.77. The molecule has 10 heteroatoms. The summed E-state index contributed by atoms with van der Waals surface area (Å²) in [5.74, 6) is -2.66. The topological polar surface area (TPSA) is 121 Å². The Kier molecular flexibility index (Phi) is 7.83. The number of pyridine rings is 1. The number of hydrogen-bond donors (Lipinski definition) is 3.